The average molecular weight is 455 g/mol. The Morgan fingerprint density at radius 2 is 1.94 bits per heavy atom. The number of aryl methyl sites for hydroxylation is 1. The minimum atomic E-state index is -1.87. The first-order valence-corrected chi connectivity index (χ1v) is 10.7. The normalized spacial score (nSPS) is 19.1. The number of benzene rings is 2. The maximum absolute atomic E-state index is 15.1. The summed E-state index contributed by atoms with van der Waals surface area (Å²) in [5, 5.41) is 0.959. The molecule has 1 aliphatic heterocycles. The summed E-state index contributed by atoms with van der Waals surface area (Å²) in [6.45, 7) is 2.79. The molecular formula is C25H27FN4O3. The summed E-state index contributed by atoms with van der Waals surface area (Å²) in [4.78, 5) is 13.4. The molecule has 8 heteroatoms. The summed E-state index contributed by atoms with van der Waals surface area (Å²) in [6.07, 6.45) is -1.83. The zero-order chi connectivity index (χ0) is 26.4. The van der Waals surface area contributed by atoms with Crippen LogP contribution in [0.15, 0.2) is 36.7 Å². The first-order valence-electron chi connectivity index (χ1n) is 12.7. The number of aromatic nitrogens is 3. The number of rotatable bonds is 8. The predicted octanol–water partition coefficient (Wildman–Crippen LogP) is 5.22. The number of H-pyrrole nitrogens is 1. The van der Waals surface area contributed by atoms with E-state index >= 15 is 4.39 Å². The number of aromatic amines is 1. The first kappa shape index (κ1) is 17.1. The van der Waals surface area contributed by atoms with E-state index in [-0.39, 0.29) is 24.7 Å². The van der Waals surface area contributed by atoms with Crippen molar-refractivity contribution in [3.05, 3.63) is 48.2 Å². The molecule has 5 rings (SSSR count). The van der Waals surface area contributed by atoms with Crippen molar-refractivity contribution in [3.63, 3.8) is 0 Å². The summed E-state index contributed by atoms with van der Waals surface area (Å²) in [5.41, 5.74) is 2.05. The molecule has 0 bridgehead atoms. The molecule has 172 valence electrons. The molecule has 1 fully saturated rings. The van der Waals surface area contributed by atoms with Gasteiger partial charge < -0.3 is 24.1 Å². The second kappa shape index (κ2) is 9.23. The number of nitrogens with zero attached hydrogens (tertiary/aromatic N) is 3. The molecule has 2 aromatic heterocycles. The zero-order valence-corrected chi connectivity index (χ0v) is 18.4. The van der Waals surface area contributed by atoms with Crippen LogP contribution in [-0.4, -0.2) is 53.2 Å². The van der Waals surface area contributed by atoms with Gasteiger partial charge in [-0.25, -0.2) is 14.4 Å². The van der Waals surface area contributed by atoms with Crippen molar-refractivity contribution >= 4 is 21.8 Å². The number of likely N-dealkylation sites (tertiary alicyclic amines) is 1. The molecule has 2 aromatic carbocycles. The fourth-order valence-corrected chi connectivity index (χ4v) is 3.88. The first-order chi connectivity index (χ1) is 17.6. The van der Waals surface area contributed by atoms with Crippen molar-refractivity contribution in [1.29, 1.82) is 0 Å². The molecule has 3 heterocycles. The fourth-order valence-electron chi connectivity index (χ4n) is 3.88. The van der Waals surface area contributed by atoms with Gasteiger partial charge in [0.2, 0.25) is 5.88 Å². The quantitative estimate of drug-likeness (QED) is 0.368. The SMILES string of the molecule is [2H]C1([2H])CN(CCCOc2cc3ncnc(Oc4ccc5[nH]c(C)cc5c4F)c3cc2OC)CC1([2H])[2H]. The van der Waals surface area contributed by atoms with Gasteiger partial charge in [-0.3, -0.25) is 0 Å². The van der Waals surface area contributed by atoms with E-state index in [0.29, 0.717) is 52.9 Å². The minimum Gasteiger partial charge on any atom is -0.493 e. The van der Waals surface area contributed by atoms with Gasteiger partial charge in [0.25, 0.3) is 0 Å². The van der Waals surface area contributed by atoms with Crippen molar-refractivity contribution in [2.45, 2.75) is 26.1 Å². The van der Waals surface area contributed by atoms with E-state index in [1.165, 1.54) is 13.4 Å². The fraction of sp³-hybridized carbons (Fsp3) is 0.360. The highest BCUT2D eigenvalue weighted by molar-refractivity contribution is 5.87. The zero-order valence-electron chi connectivity index (χ0n) is 22.4. The number of halogens is 1. The molecule has 0 atom stereocenters. The molecule has 0 amide bonds. The van der Waals surface area contributed by atoms with Gasteiger partial charge in [-0.1, -0.05) is 0 Å². The van der Waals surface area contributed by atoms with Crippen LogP contribution in [0.25, 0.3) is 21.8 Å². The predicted molar refractivity (Wildman–Crippen MR) is 125 cm³/mol. The summed E-state index contributed by atoms with van der Waals surface area (Å²) in [7, 11) is 1.51. The van der Waals surface area contributed by atoms with Crippen LogP contribution in [0.3, 0.4) is 0 Å². The van der Waals surface area contributed by atoms with Gasteiger partial charge in [-0.15, -0.1) is 0 Å². The largest absolute Gasteiger partial charge is 0.493 e. The van der Waals surface area contributed by atoms with Crippen molar-refractivity contribution in [2.24, 2.45) is 0 Å². The van der Waals surface area contributed by atoms with Gasteiger partial charge in [0.05, 0.1) is 24.6 Å². The van der Waals surface area contributed by atoms with E-state index in [9.17, 15) is 0 Å². The summed E-state index contributed by atoms with van der Waals surface area (Å²) < 4.78 is 63.8. The highest BCUT2D eigenvalue weighted by Gasteiger charge is 2.17. The van der Waals surface area contributed by atoms with Crippen LogP contribution in [0.4, 0.5) is 4.39 Å². The standard InChI is InChI=1S/C25H27FN4O3/c1-16-12-17-19(29-16)6-7-21(24(17)26)33-25-18-13-22(31-2)23(14-20(18)27-15-28-25)32-11-5-10-30-8-3-4-9-30/h6-7,12-15,29H,3-5,8-11H2,1-2H3/i3D2,4D2. The van der Waals surface area contributed by atoms with Crippen molar-refractivity contribution < 1.29 is 24.1 Å². The Hall–Kier alpha value is -3.39. The molecule has 4 aromatic rings. The summed E-state index contributed by atoms with van der Waals surface area (Å²) >= 11 is 0. The second-order valence-corrected chi connectivity index (χ2v) is 7.86. The van der Waals surface area contributed by atoms with E-state index in [4.69, 9.17) is 19.7 Å². The van der Waals surface area contributed by atoms with E-state index in [0.717, 1.165) is 5.69 Å². The van der Waals surface area contributed by atoms with Crippen LogP contribution in [0.1, 0.15) is 30.3 Å². The second-order valence-electron chi connectivity index (χ2n) is 7.86. The number of nitrogens with one attached hydrogen (secondary N) is 1. The lowest BCUT2D eigenvalue weighted by molar-refractivity contribution is 0.254. The molecule has 0 spiro atoms. The Morgan fingerprint density at radius 3 is 2.76 bits per heavy atom. The average Bonchev–Trinajstić information content (AvgIpc) is 3.33. The summed E-state index contributed by atoms with van der Waals surface area (Å²) in [5.74, 6) is 0.624. The molecule has 33 heavy (non-hydrogen) atoms. The third-order valence-corrected chi connectivity index (χ3v) is 5.53. The topological polar surface area (TPSA) is 72.5 Å². The molecule has 1 saturated heterocycles. The van der Waals surface area contributed by atoms with Crippen molar-refractivity contribution in [1.82, 2.24) is 19.9 Å². The van der Waals surface area contributed by atoms with Crippen LogP contribution >= 0.6 is 0 Å². The Kier molecular flexibility index (Phi) is 4.79. The van der Waals surface area contributed by atoms with E-state index < -0.39 is 18.6 Å². The number of hydrogen-bond donors (Lipinski definition) is 1. The maximum atomic E-state index is 15.1. The summed E-state index contributed by atoms with van der Waals surface area (Å²) in [6, 6.07) is 8.40. The lowest BCUT2D eigenvalue weighted by atomic mass is 10.2. The Labute approximate surface area is 197 Å². The van der Waals surface area contributed by atoms with Gasteiger partial charge in [0, 0.05) is 34.7 Å². The van der Waals surface area contributed by atoms with Gasteiger partial charge in [-0.05, 0) is 63.4 Å². The number of hydrogen-bond acceptors (Lipinski definition) is 6. The van der Waals surface area contributed by atoms with E-state index in [1.54, 1.807) is 35.2 Å². The maximum Gasteiger partial charge on any atom is 0.230 e. The molecule has 0 radical (unpaired) electrons. The highest BCUT2D eigenvalue weighted by atomic mass is 19.1. The highest BCUT2D eigenvalue weighted by Crippen LogP contribution is 2.37. The van der Waals surface area contributed by atoms with E-state index in [1.807, 2.05) is 6.92 Å². The van der Waals surface area contributed by atoms with Crippen LogP contribution in [0.2, 0.25) is 0 Å². The number of methoxy groups -OCH3 is 1. The van der Waals surface area contributed by atoms with E-state index in [2.05, 4.69) is 15.0 Å². The monoisotopic (exact) mass is 454 g/mol. The number of ether oxygens (including phenoxy) is 3. The van der Waals surface area contributed by atoms with Crippen molar-refractivity contribution in [2.75, 3.05) is 33.4 Å². The number of fused-ring (bicyclic) bond motifs is 2. The molecule has 0 aliphatic carbocycles. The third-order valence-electron chi connectivity index (χ3n) is 5.53. The molecule has 0 unspecified atom stereocenters. The van der Waals surface area contributed by atoms with Crippen LogP contribution in [0.5, 0.6) is 23.1 Å². The minimum absolute atomic E-state index is 0.0430. The smallest absolute Gasteiger partial charge is 0.230 e. The molecule has 0 saturated carbocycles. The lowest BCUT2D eigenvalue weighted by Gasteiger charge is -2.16. The Morgan fingerprint density at radius 1 is 1.09 bits per heavy atom. The molecular weight excluding hydrogens is 423 g/mol. The lowest BCUT2D eigenvalue weighted by Crippen LogP contribution is -2.21. The Balaban J connectivity index is 1.31. The van der Waals surface area contributed by atoms with Gasteiger partial charge in [-0.2, -0.15) is 0 Å². The molecule has 7 nitrogen and oxygen atoms in total. The third kappa shape index (κ3) is 4.43. The molecule has 1 aliphatic rings. The van der Waals surface area contributed by atoms with Crippen molar-refractivity contribution in [3.8, 4) is 23.1 Å². The van der Waals surface area contributed by atoms with Gasteiger partial charge >= 0.3 is 0 Å². The van der Waals surface area contributed by atoms with Gasteiger partial charge in [0.1, 0.15) is 6.33 Å². The van der Waals surface area contributed by atoms with Crippen LogP contribution in [-0.2, 0) is 0 Å². The van der Waals surface area contributed by atoms with Gasteiger partial charge in [0.15, 0.2) is 23.1 Å². The van der Waals surface area contributed by atoms with Crippen LogP contribution in [0, 0.1) is 12.7 Å². The van der Waals surface area contributed by atoms with Crippen LogP contribution < -0.4 is 14.2 Å². The Bertz CT molecular complexity index is 1450. The molecule has 1 N–H and O–H groups in total.